The molecule has 0 aliphatic heterocycles. The smallest absolute Gasteiger partial charge is 0.418 e. The Morgan fingerprint density at radius 2 is 1.85 bits per heavy atom. The van der Waals surface area contributed by atoms with Crippen molar-refractivity contribution < 1.29 is 36.3 Å². The van der Waals surface area contributed by atoms with Crippen LogP contribution in [0.1, 0.15) is 21.7 Å². The van der Waals surface area contributed by atoms with E-state index in [-0.39, 0.29) is 17.9 Å². The van der Waals surface area contributed by atoms with Gasteiger partial charge in [0.2, 0.25) is 5.91 Å². The number of halogens is 3. The average molecular weight is 458 g/mol. The first-order valence-corrected chi connectivity index (χ1v) is 9.64. The third kappa shape index (κ3) is 4.84. The first-order valence-electron chi connectivity index (χ1n) is 9.64. The van der Waals surface area contributed by atoms with Crippen LogP contribution in [0.25, 0.3) is 11.0 Å². The van der Waals surface area contributed by atoms with Gasteiger partial charge in [0.1, 0.15) is 11.3 Å². The number of nitrogens with one attached hydrogen (secondary N) is 2. The number of hydrogen-bond donors (Lipinski definition) is 2. The minimum atomic E-state index is -4.77. The summed E-state index contributed by atoms with van der Waals surface area (Å²) in [5, 5.41) is 5.28. The summed E-state index contributed by atoms with van der Waals surface area (Å²) in [5.74, 6) is -0.840. The van der Waals surface area contributed by atoms with E-state index >= 15 is 0 Å². The fraction of sp³-hybridized carbons (Fsp3) is 0.130. The number of ether oxygens (including phenoxy) is 1. The van der Waals surface area contributed by atoms with E-state index in [2.05, 4.69) is 10.6 Å². The molecule has 0 saturated carbocycles. The summed E-state index contributed by atoms with van der Waals surface area (Å²) in [4.78, 5) is 24.6. The number of carbonyl (C=O) groups excluding carboxylic acids is 2. The zero-order valence-electron chi connectivity index (χ0n) is 17.2. The summed E-state index contributed by atoms with van der Waals surface area (Å²) >= 11 is 0. The van der Waals surface area contributed by atoms with E-state index in [1.165, 1.54) is 37.8 Å². The van der Waals surface area contributed by atoms with Crippen molar-refractivity contribution in [3.63, 3.8) is 0 Å². The highest BCUT2D eigenvalue weighted by Gasteiger charge is 2.34. The summed E-state index contributed by atoms with van der Waals surface area (Å²) < 4.78 is 56.4. The van der Waals surface area contributed by atoms with Gasteiger partial charge in [-0.25, -0.2) is 0 Å². The Morgan fingerprint density at radius 1 is 1.03 bits per heavy atom. The third-order valence-corrected chi connectivity index (χ3v) is 4.82. The molecular weight excluding hydrogens is 441 g/mol. The van der Waals surface area contributed by atoms with Crippen molar-refractivity contribution >= 4 is 34.2 Å². The lowest BCUT2D eigenvalue weighted by molar-refractivity contribution is -0.136. The number of hydrogen-bond acceptors (Lipinski definition) is 5. The second-order valence-electron chi connectivity index (χ2n) is 7.04. The predicted molar refractivity (Wildman–Crippen MR) is 113 cm³/mol. The van der Waals surface area contributed by atoms with E-state index in [0.29, 0.717) is 22.3 Å². The number of rotatable bonds is 6. The Morgan fingerprint density at radius 3 is 2.55 bits per heavy atom. The molecule has 0 spiro atoms. The van der Waals surface area contributed by atoms with E-state index in [4.69, 9.17) is 13.6 Å². The van der Waals surface area contributed by atoms with Gasteiger partial charge in [-0.15, -0.1) is 0 Å². The predicted octanol–water partition coefficient (Wildman–Crippen LogP) is 5.49. The number of anilines is 2. The molecule has 0 radical (unpaired) electrons. The molecule has 0 unspecified atom stereocenters. The maximum atomic E-state index is 13.6. The first kappa shape index (κ1) is 22.0. The molecule has 33 heavy (non-hydrogen) atoms. The minimum absolute atomic E-state index is 0.0501. The van der Waals surface area contributed by atoms with E-state index < -0.39 is 29.2 Å². The molecule has 0 bridgehead atoms. The molecule has 4 rings (SSSR count). The summed E-state index contributed by atoms with van der Waals surface area (Å²) in [6.45, 7) is 0. The van der Waals surface area contributed by atoms with Crippen LogP contribution in [0.3, 0.4) is 0 Å². The Hall–Kier alpha value is -4.21. The number of methoxy groups -OCH3 is 1. The van der Waals surface area contributed by atoms with Gasteiger partial charge in [-0.1, -0.05) is 0 Å². The van der Waals surface area contributed by atoms with Gasteiger partial charge in [0, 0.05) is 22.7 Å². The van der Waals surface area contributed by atoms with Gasteiger partial charge in [0.15, 0.2) is 5.76 Å². The monoisotopic (exact) mass is 458 g/mol. The Labute approximate surface area is 185 Å². The molecule has 0 atom stereocenters. The Balaban J connectivity index is 1.53. The normalized spacial score (nSPS) is 11.4. The molecule has 2 N–H and O–H groups in total. The fourth-order valence-electron chi connectivity index (χ4n) is 3.26. The van der Waals surface area contributed by atoms with E-state index in [0.717, 1.165) is 12.1 Å². The zero-order valence-corrected chi connectivity index (χ0v) is 17.2. The van der Waals surface area contributed by atoms with E-state index in [1.807, 2.05) is 0 Å². The van der Waals surface area contributed by atoms with Crippen LogP contribution in [0.2, 0.25) is 0 Å². The van der Waals surface area contributed by atoms with Gasteiger partial charge in [0.25, 0.3) is 5.91 Å². The molecule has 4 aromatic rings. The van der Waals surface area contributed by atoms with Crippen molar-refractivity contribution in [2.45, 2.75) is 12.6 Å². The van der Waals surface area contributed by atoms with Crippen molar-refractivity contribution in [2.75, 3.05) is 17.7 Å². The van der Waals surface area contributed by atoms with E-state index in [9.17, 15) is 22.8 Å². The van der Waals surface area contributed by atoms with Crippen LogP contribution in [-0.2, 0) is 17.4 Å². The second kappa shape index (κ2) is 8.73. The van der Waals surface area contributed by atoms with E-state index in [1.54, 1.807) is 18.2 Å². The average Bonchev–Trinajstić information content (AvgIpc) is 3.44. The summed E-state index contributed by atoms with van der Waals surface area (Å²) in [7, 11) is 1.50. The second-order valence-corrected chi connectivity index (χ2v) is 7.04. The van der Waals surface area contributed by atoms with Gasteiger partial charge in [0.05, 0.1) is 37.3 Å². The number of furan rings is 2. The van der Waals surface area contributed by atoms with Crippen LogP contribution in [-0.4, -0.2) is 18.9 Å². The van der Waals surface area contributed by atoms with Crippen LogP contribution in [0, 0.1) is 0 Å². The van der Waals surface area contributed by atoms with Crippen LogP contribution >= 0.6 is 0 Å². The molecule has 2 aromatic carbocycles. The molecule has 2 amide bonds. The van der Waals surface area contributed by atoms with Gasteiger partial charge < -0.3 is 24.2 Å². The number of benzene rings is 2. The molecule has 2 heterocycles. The number of fused-ring (bicyclic) bond motifs is 1. The Kier molecular flexibility index (Phi) is 5.82. The van der Waals surface area contributed by atoms with Crippen LogP contribution in [0.15, 0.2) is 69.9 Å². The van der Waals surface area contributed by atoms with Gasteiger partial charge >= 0.3 is 6.18 Å². The van der Waals surface area contributed by atoms with Crippen molar-refractivity contribution in [3.8, 4) is 5.75 Å². The maximum Gasteiger partial charge on any atom is 0.418 e. The number of carbonyl (C=O) groups is 2. The van der Waals surface area contributed by atoms with Crippen molar-refractivity contribution in [3.05, 3.63) is 77.9 Å². The minimum Gasteiger partial charge on any atom is -0.497 e. The molecule has 0 aliphatic carbocycles. The maximum absolute atomic E-state index is 13.6. The molecule has 7 nitrogen and oxygen atoms in total. The van der Waals surface area contributed by atoms with Crippen LogP contribution in [0.4, 0.5) is 24.5 Å². The molecular formula is C23H17F3N2O5. The highest BCUT2D eigenvalue weighted by molar-refractivity contribution is 6.02. The topological polar surface area (TPSA) is 93.7 Å². The fourth-order valence-corrected chi connectivity index (χ4v) is 3.26. The molecule has 0 saturated heterocycles. The lowest BCUT2D eigenvalue weighted by Crippen LogP contribution is -2.19. The molecule has 10 heteroatoms. The zero-order chi connectivity index (χ0) is 23.6. The lowest BCUT2D eigenvalue weighted by Gasteiger charge is -2.15. The van der Waals surface area contributed by atoms with Crippen molar-refractivity contribution in [2.24, 2.45) is 0 Å². The highest BCUT2D eigenvalue weighted by Crippen LogP contribution is 2.37. The van der Waals surface area contributed by atoms with Gasteiger partial charge in [-0.05, 0) is 42.5 Å². The number of amides is 2. The lowest BCUT2D eigenvalue weighted by atomic mass is 10.1. The largest absolute Gasteiger partial charge is 0.497 e. The third-order valence-electron chi connectivity index (χ3n) is 4.82. The quantitative estimate of drug-likeness (QED) is 0.399. The number of alkyl halides is 3. The molecule has 170 valence electrons. The van der Waals surface area contributed by atoms with Gasteiger partial charge in [-0.2, -0.15) is 13.2 Å². The molecule has 0 aliphatic rings. The summed E-state index contributed by atoms with van der Waals surface area (Å²) in [6.07, 6.45) is -2.32. The van der Waals surface area contributed by atoms with Crippen molar-refractivity contribution in [1.82, 2.24) is 0 Å². The van der Waals surface area contributed by atoms with Crippen LogP contribution in [0.5, 0.6) is 5.75 Å². The van der Waals surface area contributed by atoms with Gasteiger partial charge in [-0.3, -0.25) is 9.59 Å². The molecule has 2 aromatic heterocycles. The summed E-state index contributed by atoms with van der Waals surface area (Å²) in [5.41, 5.74) is -0.629. The van der Waals surface area contributed by atoms with Crippen molar-refractivity contribution in [1.29, 1.82) is 0 Å². The first-order chi connectivity index (χ1) is 15.7. The molecule has 0 fully saturated rings. The summed E-state index contributed by atoms with van der Waals surface area (Å²) in [6, 6.07) is 11.0. The standard InChI is InChI=1S/C23H17F3N2O5/c1-31-15-5-6-16-13(12-33-20(16)11-15)9-21(29)28-18-7-4-14(10-17(18)23(24,25)26)27-22(30)19-3-2-8-32-19/h2-8,10-12H,9H2,1H3,(H,27,30)(H,28,29). The van der Waals surface area contributed by atoms with Crippen LogP contribution < -0.4 is 15.4 Å². The Bertz CT molecular complexity index is 1310. The highest BCUT2D eigenvalue weighted by atomic mass is 19.4. The SMILES string of the molecule is COc1ccc2c(CC(=O)Nc3ccc(NC(=O)c4ccco4)cc3C(F)(F)F)coc2c1.